The van der Waals surface area contributed by atoms with Gasteiger partial charge in [0.1, 0.15) is 0 Å². The number of hydrogen-bond donors (Lipinski definition) is 1. The second kappa shape index (κ2) is 7.08. The van der Waals surface area contributed by atoms with Crippen LogP contribution in [0.3, 0.4) is 0 Å². The summed E-state index contributed by atoms with van der Waals surface area (Å²) in [4.78, 5) is 9.36. The fourth-order valence-electron chi connectivity index (χ4n) is 4.20. The first kappa shape index (κ1) is 16.9. The summed E-state index contributed by atoms with van der Waals surface area (Å²) in [6, 6.07) is 10.7. The number of benzene rings is 1. The number of nitrogens with zero attached hydrogens (tertiary/aromatic N) is 3. The van der Waals surface area contributed by atoms with Gasteiger partial charge >= 0.3 is 0 Å². The van der Waals surface area contributed by atoms with E-state index in [1.807, 2.05) is 6.20 Å². The van der Waals surface area contributed by atoms with Crippen molar-refractivity contribution in [1.29, 1.82) is 0 Å². The third-order valence-corrected chi connectivity index (χ3v) is 5.74. The highest BCUT2D eigenvalue weighted by Crippen LogP contribution is 2.34. The average Bonchev–Trinajstić information content (AvgIpc) is 3.09. The van der Waals surface area contributed by atoms with Gasteiger partial charge in [-0.1, -0.05) is 23.8 Å². The summed E-state index contributed by atoms with van der Waals surface area (Å²) in [6.07, 6.45) is 5.11. The Balaban J connectivity index is 1.36. The van der Waals surface area contributed by atoms with Crippen LogP contribution < -0.4 is 4.90 Å². The van der Waals surface area contributed by atoms with Gasteiger partial charge in [0.05, 0.1) is 25.0 Å². The Kier molecular flexibility index (Phi) is 4.44. The van der Waals surface area contributed by atoms with Crippen LogP contribution in [-0.4, -0.2) is 67.0 Å². The smallest absolute Gasteiger partial charge is 0.0889 e. The molecule has 0 unspecified atom stereocenters. The van der Waals surface area contributed by atoms with Gasteiger partial charge in [0, 0.05) is 55.7 Å². The van der Waals surface area contributed by atoms with E-state index in [1.165, 1.54) is 22.4 Å². The third-order valence-electron chi connectivity index (χ3n) is 5.74. The molecule has 3 aliphatic rings. The molecule has 0 saturated carbocycles. The number of anilines is 1. The first-order valence-electron chi connectivity index (χ1n) is 9.77. The summed E-state index contributed by atoms with van der Waals surface area (Å²) in [7, 11) is 0. The Hall–Kier alpha value is -2.21. The van der Waals surface area contributed by atoms with Crippen molar-refractivity contribution >= 4 is 11.8 Å². The number of ether oxygens (including phenoxy) is 1. The van der Waals surface area contributed by atoms with E-state index in [1.54, 1.807) is 0 Å². The largest absolute Gasteiger partial charge is 0.389 e. The van der Waals surface area contributed by atoms with Crippen molar-refractivity contribution in [2.45, 2.75) is 12.5 Å². The van der Waals surface area contributed by atoms with Crippen molar-refractivity contribution in [3.8, 4) is 11.3 Å². The number of hydrogen-bond acceptors (Lipinski definition) is 5. The predicted octanol–water partition coefficient (Wildman–Crippen LogP) is 2.20. The molecule has 5 nitrogen and oxygen atoms in total. The second-order valence-electron chi connectivity index (χ2n) is 7.71. The number of pyridine rings is 1. The highest BCUT2D eigenvalue weighted by Gasteiger charge is 2.25. The van der Waals surface area contributed by atoms with E-state index in [4.69, 9.17) is 9.72 Å². The quantitative estimate of drug-likeness (QED) is 0.903. The van der Waals surface area contributed by atoms with Crippen LogP contribution in [0.25, 0.3) is 17.3 Å². The van der Waals surface area contributed by atoms with Gasteiger partial charge in [-0.2, -0.15) is 0 Å². The van der Waals surface area contributed by atoms with Crippen LogP contribution >= 0.6 is 0 Å². The van der Waals surface area contributed by atoms with Crippen molar-refractivity contribution in [1.82, 2.24) is 9.88 Å². The second-order valence-corrected chi connectivity index (χ2v) is 7.71. The molecule has 0 spiro atoms. The molecule has 2 aliphatic heterocycles. The fraction of sp³-hybridized carbons (Fsp3) is 0.409. The van der Waals surface area contributed by atoms with Crippen molar-refractivity contribution in [3.63, 3.8) is 0 Å². The highest BCUT2D eigenvalue weighted by atomic mass is 16.5. The maximum atomic E-state index is 9.49. The standard InChI is InChI=1S/C22H25N3O2/c26-20-14-25(15-20)19-3-1-17(2-4-19)22-21-12-16(11-18(21)5-6-23-22)13-24-7-9-27-10-8-24/h1-6,12,20,26H,7-11,13-15H2. The molecule has 2 aromatic rings. The van der Waals surface area contributed by atoms with E-state index in [2.05, 4.69) is 46.2 Å². The van der Waals surface area contributed by atoms with Crippen LogP contribution in [0, 0.1) is 0 Å². The average molecular weight is 363 g/mol. The lowest BCUT2D eigenvalue weighted by atomic mass is 10.0. The van der Waals surface area contributed by atoms with Crippen LogP contribution in [0.4, 0.5) is 5.69 Å². The normalized spacial score (nSPS) is 20.3. The third kappa shape index (κ3) is 3.38. The van der Waals surface area contributed by atoms with Gasteiger partial charge in [-0.15, -0.1) is 0 Å². The molecule has 3 heterocycles. The van der Waals surface area contributed by atoms with Gasteiger partial charge in [-0.3, -0.25) is 9.88 Å². The Morgan fingerprint density at radius 3 is 2.59 bits per heavy atom. The Morgan fingerprint density at radius 2 is 1.85 bits per heavy atom. The van der Waals surface area contributed by atoms with Gasteiger partial charge < -0.3 is 14.7 Å². The van der Waals surface area contributed by atoms with E-state index in [-0.39, 0.29) is 6.10 Å². The van der Waals surface area contributed by atoms with E-state index < -0.39 is 0 Å². The monoisotopic (exact) mass is 363 g/mol. The van der Waals surface area contributed by atoms with Gasteiger partial charge in [-0.05, 0) is 30.2 Å². The summed E-state index contributed by atoms with van der Waals surface area (Å²) in [5.41, 5.74) is 7.50. The molecule has 27 heavy (non-hydrogen) atoms. The molecule has 0 radical (unpaired) electrons. The minimum absolute atomic E-state index is 0.182. The highest BCUT2D eigenvalue weighted by molar-refractivity contribution is 5.78. The number of fused-ring (bicyclic) bond motifs is 1. The zero-order chi connectivity index (χ0) is 18.2. The lowest BCUT2D eigenvalue weighted by molar-refractivity contribution is 0.0422. The summed E-state index contributed by atoms with van der Waals surface area (Å²) in [5.74, 6) is 0. The molecule has 1 aliphatic carbocycles. The summed E-state index contributed by atoms with van der Waals surface area (Å²) < 4.78 is 5.46. The molecule has 0 atom stereocenters. The van der Waals surface area contributed by atoms with Crippen LogP contribution in [0.2, 0.25) is 0 Å². The van der Waals surface area contributed by atoms with Crippen molar-refractivity contribution < 1.29 is 9.84 Å². The predicted molar refractivity (Wildman–Crippen MR) is 107 cm³/mol. The lowest BCUT2D eigenvalue weighted by Crippen LogP contribution is -2.50. The van der Waals surface area contributed by atoms with Gasteiger partial charge in [-0.25, -0.2) is 0 Å². The number of morpholine rings is 1. The van der Waals surface area contributed by atoms with Crippen LogP contribution in [0.15, 0.2) is 42.1 Å². The molecule has 0 amide bonds. The van der Waals surface area contributed by atoms with Crippen molar-refractivity contribution in [2.24, 2.45) is 0 Å². The topological polar surface area (TPSA) is 48.8 Å². The molecule has 5 heteroatoms. The molecule has 1 N–H and O–H groups in total. The molecule has 2 fully saturated rings. The zero-order valence-corrected chi connectivity index (χ0v) is 15.5. The van der Waals surface area contributed by atoms with E-state index in [9.17, 15) is 5.11 Å². The molecular formula is C22H25N3O2. The van der Waals surface area contributed by atoms with E-state index in [0.29, 0.717) is 0 Å². The zero-order valence-electron chi connectivity index (χ0n) is 15.5. The summed E-state index contributed by atoms with van der Waals surface area (Å²) in [6.45, 7) is 6.20. The van der Waals surface area contributed by atoms with Gasteiger partial charge in [0.2, 0.25) is 0 Å². The Labute approximate surface area is 159 Å². The van der Waals surface area contributed by atoms with E-state index in [0.717, 1.165) is 63.6 Å². The fourth-order valence-corrected chi connectivity index (χ4v) is 4.20. The maximum Gasteiger partial charge on any atom is 0.0889 e. The number of β-amino-alcohol motifs (C(OH)–C–C–N with tert-alkyl or cyclic N) is 1. The van der Waals surface area contributed by atoms with Crippen molar-refractivity contribution in [2.75, 3.05) is 50.8 Å². The minimum atomic E-state index is -0.182. The maximum absolute atomic E-state index is 9.49. The lowest BCUT2D eigenvalue weighted by Gasteiger charge is -2.37. The molecule has 140 valence electrons. The number of aromatic nitrogens is 1. The molecular weight excluding hydrogens is 338 g/mol. The van der Waals surface area contributed by atoms with E-state index >= 15 is 0 Å². The van der Waals surface area contributed by atoms with Crippen LogP contribution in [0.1, 0.15) is 11.1 Å². The van der Waals surface area contributed by atoms with Gasteiger partial charge in [0.15, 0.2) is 0 Å². The summed E-state index contributed by atoms with van der Waals surface area (Å²) in [5, 5.41) is 9.49. The number of aliphatic hydroxyl groups excluding tert-OH is 1. The molecule has 0 bridgehead atoms. The molecule has 5 rings (SSSR count). The first-order valence-corrected chi connectivity index (χ1v) is 9.77. The Morgan fingerprint density at radius 1 is 1.07 bits per heavy atom. The first-order chi connectivity index (χ1) is 13.3. The summed E-state index contributed by atoms with van der Waals surface area (Å²) >= 11 is 0. The van der Waals surface area contributed by atoms with Crippen LogP contribution in [0.5, 0.6) is 0 Å². The Bertz CT molecular complexity index is 850. The molecule has 2 saturated heterocycles. The van der Waals surface area contributed by atoms with Crippen molar-refractivity contribution in [3.05, 3.63) is 53.2 Å². The minimum Gasteiger partial charge on any atom is -0.389 e. The molecule has 1 aromatic heterocycles. The van der Waals surface area contributed by atoms with Gasteiger partial charge in [0.25, 0.3) is 0 Å². The number of rotatable bonds is 4. The SMILES string of the molecule is OC1CN(c2ccc(-c3nccc4c3C=C(CN3CCOCC3)C4)cc2)C1. The number of aliphatic hydroxyl groups is 1. The van der Waals surface area contributed by atoms with Crippen LogP contribution in [-0.2, 0) is 11.2 Å². The molecule has 1 aromatic carbocycles.